The Hall–Kier alpha value is -1.88. The molecule has 0 fully saturated rings. The third-order valence-corrected chi connectivity index (χ3v) is 4.36. The van der Waals surface area contributed by atoms with E-state index in [9.17, 15) is 0 Å². The molecule has 1 aromatic carbocycles. The van der Waals surface area contributed by atoms with E-state index in [2.05, 4.69) is 26.0 Å². The van der Waals surface area contributed by atoms with Crippen LogP contribution in [0.5, 0.6) is 0 Å². The summed E-state index contributed by atoms with van der Waals surface area (Å²) in [4.78, 5) is 4.35. The maximum absolute atomic E-state index is 5.97. The van der Waals surface area contributed by atoms with Crippen LogP contribution >= 0.6 is 15.9 Å². The second-order valence-corrected chi connectivity index (χ2v) is 5.26. The van der Waals surface area contributed by atoms with Gasteiger partial charge < -0.3 is 5.73 Å². The molecule has 96 valence electrons. The van der Waals surface area contributed by atoms with Crippen molar-refractivity contribution in [2.45, 2.75) is 13.8 Å². The van der Waals surface area contributed by atoms with E-state index in [1.165, 1.54) is 0 Å². The van der Waals surface area contributed by atoms with Crippen LogP contribution in [0.2, 0.25) is 0 Å². The molecule has 0 unspecified atom stereocenters. The molecule has 2 aromatic heterocycles. The number of benzene rings is 1. The average Bonchev–Trinajstić information content (AvgIpc) is 2.67. The predicted molar refractivity (Wildman–Crippen MR) is 80.5 cm³/mol. The van der Waals surface area contributed by atoms with Crippen molar-refractivity contribution in [3.63, 3.8) is 0 Å². The predicted octanol–water partition coefficient (Wildman–Crippen LogP) is 3.38. The molecule has 3 aromatic rings. The minimum absolute atomic E-state index is 0.681. The van der Waals surface area contributed by atoms with Gasteiger partial charge in [0, 0.05) is 11.6 Å². The standard InChI is InChI=1S/C14H13BrN4/c1-8-13(15)9(2)19(18-8)12-6-5-11(16)14-10(12)4-3-7-17-14/h3-7H,16H2,1-2H3. The minimum Gasteiger partial charge on any atom is -0.397 e. The minimum atomic E-state index is 0.681. The van der Waals surface area contributed by atoms with Crippen LogP contribution < -0.4 is 5.73 Å². The van der Waals surface area contributed by atoms with Crippen LogP contribution in [0.4, 0.5) is 5.69 Å². The number of aryl methyl sites for hydroxylation is 1. The summed E-state index contributed by atoms with van der Waals surface area (Å²) in [5.74, 6) is 0. The first-order valence-electron chi connectivity index (χ1n) is 5.95. The monoisotopic (exact) mass is 316 g/mol. The highest BCUT2D eigenvalue weighted by Gasteiger charge is 2.13. The van der Waals surface area contributed by atoms with Gasteiger partial charge in [-0.1, -0.05) is 0 Å². The fourth-order valence-electron chi connectivity index (χ4n) is 2.22. The zero-order valence-corrected chi connectivity index (χ0v) is 12.3. The number of anilines is 1. The lowest BCUT2D eigenvalue weighted by molar-refractivity contribution is 0.839. The van der Waals surface area contributed by atoms with Gasteiger partial charge in [0.15, 0.2) is 0 Å². The van der Waals surface area contributed by atoms with E-state index >= 15 is 0 Å². The van der Waals surface area contributed by atoms with Crippen molar-refractivity contribution in [2.24, 2.45) is 0 Å². The molecule has 0 saturated heterocycles. The van der Waals surface area contributed by atoms with Gasteiger partial charge in [0.05, 0.1) is 32.8 Å². The molecule has 0 bridgehead atoms. The number of pyridine rings is 1. The Kier molecular flexibility index (Phi) is 2.78. The molecule has 0 aliphatic heterocycles. The van der Waals surface area contributed by atoms with Crippen LogP contribution in [-0.4, -0.2) is 14.8 Å². The van der Waals surface area contributed by atoms with Crippen molar-refractivity contribution in [3.8, 4) is 5.69 Å². The van der Waals surface area contributed by atoms with Gasteiger partial charge in [-0.2, -0.15) is 5.10 Å². The SMILES string of the molecule is Cc1nn(-c2ccc(N)c3ncccc23)c(C)c1Br. The Balaban J connectivity index is 2.37. The lowest BCUT2D eigenvalue weighted by Crippen LogP contribution is -2.02. The number of hydrogen-bond donors (Lipinski definition) is 1. The number of aromatic nitrogens is 3. The van der Waals surface area contributed by atoms with Crippen LogP contribution in [0, 0.1) is 13.8 Å². The number of rotatable bonds is 1. The van der Waals surface area contributed by atoms with Crippen molar-refractivity contribution in [1.29, 1.82) is 0 Å². The molecule has 4 nitrogen and oxygen atoms in total. The molecular formula is C14H13BrN4. The molecule has 0 atom stereocenters. The summed E-state index contributed by atoms with van der Waals surface area (Å²) in [7, 11) is 0. The zero-order valence-electron chi connectivity index (χ0n) is 10.7. The van der Waals surface area contributed by atoms with Crippen molar-refractivity contribution in [2.75, 3.05) is 5.73 Å². The summed E-state index contributed by atoms with van der Waals surface area (Å²) in [6.45, 7) is 4.01. The number of hydrogen-bond acceptors (Lipinski definition) is 3. The highest BCUT2D eigenvalue weighted by atomic mass is 79.9. The first-order chi connectivity index (χ1) is 9.09. The second kappa shape index (κ2) is 4.35. The van der Waals surface area contributed by atoms with Crippen molar-refractivity contribution < 1.29 is 0 Å². The van der Waals surface area contributed by atoms with Gasteiger partial charge in [0.2, 0.25) is 0 Å². The average molecular weight is 317 g/mol. The third kappa shape index (κ3) is 1.81. The normalized spacial score (nSPS) is 11.1. The maximum atomic E-state index is 5.97. The molecule has 0 saturated carbocycles. The summed E-state index contributed by atoms with van der Waals surface area (Å²) in [6, 6.07) is 7.77. The van der Waals surface area contributed by atoms with Gasteiger partial charge in [-0.25, -0.2) is 4.68 Å². The Morgan fingerprint density at radius 3 is 2.68 bits per heavy atom. The summed E-state index contributed by atoms with van der Waals surface area (Å²) in [6.07, 6.45) is 1.75. The second-order valence-electron chi connectivity index (χ2n) is 4.47. The third-order valence-electron chi connectivity index (χ3n) is 3.21. The van der Waals surface area contributed by atoms with Crippen LogP contribution in [-0.2, 0) is 0 Å². The van der Waals surface area contributed by atoms with Crippen molar-refractivity contribution >= 4 is 32.5 Å². The molecule has 0 radical (unpaired) electrons. The van der Waals surface area contributed by atoms with Gasteiger partial charge in [-0.15, -0.1) is 0 Å². The van der Waals surface area contributed by atoms with Crippen LogP contribution in [0.3, 0.4) is 0 Å². The lowest BCUT2D eigenvalue weighted by atomic mass is 10.1. The number of nitrogens with two attached hydrogens (primary N) is 1. The smallest absolute Gasteiger partial charge is 0.0952 e. The quantitative estimate of drug-likeness (QED) is 0.700. The van der Waals surface area contributed by atoms with E-state index in [4.69, 9.17) is 5.73 Å². The number of nitrogens with zero attached hydrogens (tertiary/aromatic N) is 3. The molecule has 3 rings (SSSR count). The number of halogens is 1. The van der Waals surface area contributed by atoms with Gasteiger partial charge in [0.1, 0.15) is 0 Å². The lowest BCUT2D eigenvalue weighted by Gasteiger charge is -2.09. The summed E-state index contributed by atoms with van der Waals surface area (Å²) in [5.41, 5.74) is 10.5. The first-order valence-corrected chi connectivity index (χ1v) is 6.74. The van der Waals surface area contributed by atoms with Gasteiger partial charge in [0.25, 0.3) is 0 Å². The van der Waals surface area contributed by atoms with E-state index in [-0.39, 0.29) is 0 Å². The molecule has 0 amide bonds. The molecule has 2 N–H and O–H groups in total. The molecule has 0 spiro atoms. The molecular weight excluding hydrogens is 304 g/mol. The molecule has 5 heteroatoms. The van der Waals surface area contributed by atoms with E-state index in [0.29, 0.717) is 5.69 Å². The maximum Gasteiger partial charge on any atom is 0.0952 e. The van der Waals surface area contributed by atoms with Gasteiger partial charge in [-0.05, 0) is 54.0 Å². The molecule has 19 heavy (non-hydrogen) atoms. The van der Waals surface area contributed by atoms with Crippen molar-refractivity contribution in [1.82, 2.24) is 14.8 Å². The molecule has 0 aliphatic carbocycles. The highest BCUT2D eigenvalue weighted by Crippen LogP contribution is 2.29. The van der Waals surface area contributed by atoms with E-state index in [0.717, 1.165) is 32.5 Å². The highest BCUT2D eigenvalue weighted by molar-refractivity contribution is 9.10. The molecule has 0 aliphatic rings. The van der Waals surface area contributed by atoms with Gasteiger partial charge in [-0.3, -0.25) is 4.98 Å². The Bertz CT molecular complexity index is 776. The summed E-state index contributed by atoms with van der Waals surface area (Å²) < 4.78 is 2.95. The van der Waals surface area contributed by atoms with Gasteiger partial charge >= 0.3 is 0 Å². The zero-order chi connectivity index (χ0) is 13.6. The number of nitrogen functional groups attached to an aromatic ring is 1. The molecule has 2 heterocycles. The fourth-order valence-corrected chi connectivity index (χ4v) is 2.47. The van der Waals surface area contributed by atoms with Crippen LogP contribution in [0.1, 0.15) is 11.4 Å². The van der Waals surface area contributed by atoms with Crippen LogP contribution in [0.25, 0.3) is 16.6 Å². The number of fused-ring (bicyclic) bond motifs is 1. The Labute approximate surface area is 119 Å². The van der Waals surface area contributed by atoms with E-state index < -0.39 is 0 Å². The first kappa shape index (κ1) is 12.2. The Morgan fingerprint density at radius 1 is 1.21 bits per heavy atom. The van der Waals surface area contributed by atoms with E-state index in [1.54, 1.807) is 6.20 Å². The summed E-state index contributed by atoms with van der Waals surface area (Å²) in [5, 5.41) is 5.56. The van der Waals surface area contributed by atoms with Crippen LogP contribution in [0.15, 0.2) is 34.9 Å². The van der Waals surface area contributed by atoms with Crippen molar-refractivity contribution in [3.05, 3.63) is 46.3 Å². The summed E-state index contributed by atoms with van der Waals surface area (Å²) >= 11 is 3.55. The van der Waals surface area contributed by atoms with E-state index in [1.807, 2.05) is 42.8 Å². The largest absolute Gasteiger partial charge is 0.397 e. The fraction of sp³-hybridized carbons (Fsp3) is 0.143. The Morgan fingerprint density at radius 2 is 2.00 bits per heavy atom. The topological polar surface area (TPSA) is 56.7 Å².